The Morgan fingerprint density at radius 2 is 2.28 bits per heavy atom. The molecule has 2 aromatic heterocycles. The first-order valence-electron chi connectivity index (χ1n) is 9.09. The summed E-state index contributed by atoms with van der Waals surface area (Å²) in [5.74, 6) is -0.000360. The van der Waals surface area contributed by atoms with Crippen molar-refractivity contribution in [2.75, 3.05) is 25.4 Å². The van der Waals surface area contributed by atoms with Gasteiger partial charge >= 0.3 is 0 Å². The van der Waals surface area contributed by atoms with Gasteiger partial charge in [0, 0.05) is 29.9 Å². The normalized spacial score (nSPS) is 23.4. The average Bonchev–Trinajstić information content (AvgIpc) is 3.27. The van der Waals surface area contributed by atoms with Crippen LogP contribution in [-0.2, 0) is 10.0 Å². The van der Waals surface area contributed by atoms with Crippen LogP contribution in [0.15, 0.2) is 35.1 Å². The Balaban J connectivity index is 1.54. The SMILES string of the molecule is CCS(=O)(=O)N1CC[C@@](N)(NC2=C(F)CN=C(c3c[nH]c4ncc(Cl)cc34)N2)C1. The second kappa shape index (κ2) is 7.24. The number of fused-ring (bicyclic) bond motifs is 1. The van der Waals surface area contributed by atoms with Gasteiger partial charge in [-0.25, -0.2) is 17.8 Å². The smallest absolute Gasteiger partial charge is 0.213 e. The van der Waals surface area contributed by atoms with Crippen LogP contribution in [0.5, 0.6) is 0 Å². The molecule has 4 heterocycles. The van der Waals surface area contributed by atoms with Crippen molar-refractivity contribution < 1.29 is 12.8 Å². The van der Waals surface area contributed by atoms with Crippen LogP contribution in [0.25, 0.3) is 11.0 Å². The summed E-state index contributed by atoms with van der Waals surface area (Å²) >= 11 is 6.04. The van der Waals surface area contributed by atoms with Gasteiger partial charge < -0.3 is 21.4 Å². The van der Waals surface area contributed by atoms with E-state index in [0.29, 0.717) is 28.5 Å². The third-order valence-corrected chi connectivity index (χ3v) is 7.08. The standard InChI is InChI=1S/C17H21ClFN7O2S/c1-2-29(27,28)26-4-3-17(20,9-26)25-16-13(19)8-23-15(24-16)12-7-22-14-11(12)5-10(18)6-21-14/h5-7,25H,2-4,8-9,20H2,1H3,(H,21,22)(H,23,24)/t17-/m1/s1. The van der Waals surface area contributed by atoms with Crippen LogP contribution < -0.4 is 16.4 Å². The van der Waals surface area contributed by atoms with Crippen LogP contribution in [-0.4, -0.2) is 59.6 Å². The largest absolute Gasteiger partial charge is 0.350 e. The molecule has 0 amide bonds. The van der Waals surface area contributed by atoms with Gasteiger partial charge in [0.15, 0.2) is 5.83 Å². The highest BCUT2D eigenvalue weighted by Gasteiger charge is 2.40. The molecule has 12 heteroatoms. The Hall–Kier alpha value is -2.21. The molecule has 0 unspecified atom stereocenters. The molecule has 156 valence electrons. The fourth-order valence-corrected chi connectivity index (χ4v) is 4.77. The van der Waals surface area contributed by atoms with Crippen molar-refractivity contribution in [1.82, 2.24) is 24.9 Å². The molecule has 0 bridgehead atoms. The van der Waals surface area contributed by atoms with E-state index in [0.717, 1.165) is 5.39 Å². The first-order valence-corrected chi connectivity index (χ1v) is 11.1. The quantitative estimate of drug-likeness (QED) is 0.512. The summed E-state index contributed by atoms with van der Waals surface area (Å²) in [6.45, 7) is 1.75. The Morgan fingerprint density at radius 3 is 3.03 bits per heavy atom. The van der Waals surface area contributed by atoms with E-state index in [1.165, 1.54) is 10.5 Å². The molecule has 2 aliphatic rings. The molecule has 2 aromatic rings. The number of nitrogens with zero attached hydrogens (tertiary/aromatic N) is 3. The number of pyridine rings is 1. The summed E-state index contributed by atoms with van der Waals surface area (Å²) in [6.07, 6.45) is 3.59. The van der Waals surface area contributed by atoms with E-state index in [1.807, 2.05) is 0 Å². The van der Waals surface area contributed by atoms with Crippen molar-refractivity contribution in [2.24, 2.45) is 10.7 Å². The minimum absolute atomic E-state index is 0.00759. The van der Waals surface area contributed by atoms with Crippen molar-refractivity contribution in [3.8, 4) is 0 Å². The molecule has 0 aliphatic carbocycles. The number of amidine groups is 1. The Bertz CT molecular complexity index is 1130. The molecular weight excluding hydrogens is 421 g/mol. The van der Waals surface area contributed by atoms with Crippen LogP contribution in [0.2, 0.25) is 5.02 Å². The highest BCUT2D eigenvalue weighted by atomic mass is 35.5. The molecule has 0 spiro atoms. The van der Waals surface area contributed by atoms with E-state index in [9.17, 15) is 12.8 Å². The number of H-pyrrole nitrogens is 1. The molecule has 2 aliphatic heterocycles. The predicted octanol–water partition coefficient (Wildman–Crippen LogP) is 1.00. The van der Waals surface area contributed by atoms with Gasteiger partial charge in [-0.3, -0.25) is 4.99 Å². The molecule has 9 nitrogen and oxygen atoms in total. The number of nitrogens with two attached hydrogens (primary N) is 1. The van der Waals surface area contributed by atoms with Crippen molar-refractivity contribution in [2.45, 2.75) is 19.0 Å². The van der Waals surface area contributed by atoms with Gasteiger partial charge in [0.05, 0.1) is 23.9 Å². The number of hydrogen-bond acceptors (Lipinski definition) is 7. The van der Waals surface area contributed by atoms with E-state index >= 15 is 0 Å². The number of aromatic nitrogens is 2. The second-order valence-corrected chi connectivity index (χ2v) is 9.78. The van der Waals surface area contributed by atoms with Gasteiger partial charge in [-0.05, 0) is 19.4 Å². The number of nitrogens with one attached hydrogen (secondary N) is 3. The lowest BCUT2D eigenvalue weighted by atomic mass is 10.1. The lowest BCUT2D eigenvalue weighted by molar-refractivity contribution is 0.360. The zero-order chi connectivity index (χ0) is 20.8. The highest BCUT2D eigenvalue weighted by Crippen LogP contribution is 2.24. The molecule has 1 atom stereocenters. The van der Waals surface area contributed by atoms with Gasteiger partial charge in [-0.2, -0.15) is 4.31 Å². The fraction of sp³-hybridized carbons (Fsp3) is 0.412. The molecule has 0 radical (unpaired) electrons. The summed E-state index contributed by atoms with van der Waals surface area (Å²) < 4.78 is 40.0. The lowest BCUT2D eigenvalue weighted by Crippen LogP contribution is -2.58. The monoisotopic (exact) mass is 441 g/mol. The van der Waals surface area contributed by atoms with Crippen LogP contribution in [0.4, 0.5) is 4.39 Å². The maximum atomic E-state index is 14.5. The topological polar surface area (TPSA) is 128 Å². The Labute approximate surface area is 172 Å². The van der Waals surface area contributed by atoms with Crippen LogP contribution >= 0.6 is 11.6 Å². The van der Waals surface area contributed by atoms with Gasteiger partial charge in [0.1, 0.15) is 23.0 Å². The molecule has 0 saturated carbocycles. The maximum Gasteiger partial charge on any atom is 0.213 e. The number of halogens is 2. The van der Waals surface area contributed by atoms with Gasteiger partial charge in [-0.15, -0.1) is 0 Å². The molecule has 29 heavy (non-hydrogen) atoms. The third kappa shape index (κ3) is 3.82. The average molecular weight is 442 g/mol. The van der Waals surface area contributed by atoms with Crippen molar-refractivity contribution in [1.29, 1.82) is 0 Å². The summed E-state index contributed by atoms with van der Waals surface area (Å²) in [6, 6.07) is 1.75. The molecule has 1 saturated heterocycles. The van der Waals surface area contributed by atoms with Gasteiger partial charge in [-0.1, -0.05) is 11.6 Å². The van der Waals surface area contributed by atoms with Crippen LogP contribution in [0.3, 0.4) is 0 Å². The van der Waals surface area contributed by atoms with E-state index in [-0.39, 0.29) is 31.2 Å². The second-order valence-electron chi connectivity index (χ2n) is 7.09. The van der Waals surface area contributed by atoms with E-state index < -0.39 is 21.5 Å². The predicted molar refractivity (Wildman–Crippen MR) is 109 cm³/mol. The van der Waals surface area contributed by atoms with Crippen molar-refractivity contribution >= 4 is 38.5 Å². The minimum Gasteiger partial charge on any atom is -0.350 e. The first-order chi connectivity index (χ1) is 13.7. The summed E-state index contributed by atoms with van der Waals surface area (Å²) in [4.78, 5) is 11.5. The Kier molecular flexibility index (Phi) is 5.01. The number of rotatable bonds is 5. The number of sulfonamides is 1. The molecular formula is C17H21ClFN7O2S. The van der Waals surface area contributed by atoms with Crippen LogP contribution in [0.1, 0.15) is 18.9 Å². The highest BCUT2D eigenvalue weighted by molar-refractivity contribution is 7.89. The van der Waals surface area contributed by atoms with Crippen LogP contribution in [0, 0.1) is 0 Å². The lowest BCUT2D eigenvalue weighted by Gasteiger charge is -2.30. The zero-order valence-electron chi connectivity index (χ0n) is 15.7. The van der Waals surface area contributed by atoms with Crippen molar-refractivity contribution in [3.63, 3.8) is 0 Å². The van der Waals surface area contributed by atoms with Gasteiger partial charge in [0.25, 0.3) is 0 Å². The van der Waals surface area contributed by atoms with Gasteiger partial charge in [0.2, 0.25) is 10.0 Å². The number of hydrogen-bond donors (Lipinski definition) is 4. The van der Waals surface area contributed by atoms with E-state index in [4.69, 9.17) is 17.3 Å². The summed E-state index contributed by atoms with van der Waals surface area (Å²) in [7, 11) is -3.36. The molecule has 1 fully saturated rings. The third-order valence-electron chi connectivity index (χ3n) is 5.04. The van der Waals surface area contributed by atoms with E-state index in [2.05, 4.69) is 25.6 Å². The van der Waals surface area contributed by atoms with Crippen molar-refractivity contribution in [3.05, 3.63) is 40.7 Å². The maximum absolute atomic E-state index is 14.5. The molecule has 5 N–H and O–H groups in total. The fourth-order valence-electron chi connectivity index (χ4n) is 3.45. The summed E-state index contributed by atoms with van der Waals surface area (Å²) in [5.41, 5.74) is 6.57. The van der Waals surface area contributed by atoms with E-state index in [1.54, 1.807) is 19.2 Å². The minimum atomic E-state index is -3.36. The Morgan fingerprint density at radius 1 is 1.48 bits per heavy atom. The number of aromatic amines is 1. The zero-order valence-corrected chi connectivity index (χ0v) is 17.2. The summed E-state index contributed by atoms with van der Waals surface area (Å²) in [5, 5.41) is 7.11. The first kappa shape index (κ1) is 20.1. The molecule has 4 rings (SSSR count). The number of aliphatic imine (C=N–C) groups is 1. The molecule has 0 aromatic carbocycles.